The van der Waals surface area contributed by atoms with Crippen molar-refractivity contribution in [3.63, 3.8) is 0 Å². The molecule has 1 rings (SSSR count). The second-order valence-corrected chi connectivity index (χ2v) is 5.13. The Kier molecular flexibility index (Phi) is 6.73. The summed E-state index contributed by atoms with van der Waals surface area (Å²) >= 11 is 0. The van der Waals surface area contributed by atoms with E-state index in [0.29, 0.717) is 5.92 Å². The molecule has 0 aliphatic heterocycles. The van der Waals surface area contributed by atoms with Gasteiger partial charge in [-0.2, -0.15) is 0 Å². The molecule has 1 heterocycles. The first kappa shape index (κ1) is 15.9. The Labute approximate surface area is 116 Å². The number of hydrogen-bond acceptors (Lipinski definition) is 5. The summed E-state index contributed by atoms with van der Waals surface area (Å²) in [6.45, 7) is 9.76. The third-order valence-corrected chi connectivity index (χ3v) is 2.86. The number of rotatable bonds is 8. The molecule has 5 nitrogen and oxygen atoms in total. The molecule has 1 aromatic rings. The fourth-order valence-electron chi connectivity index (χ4n) is 1.67. The SMILES string of the molecule is COCCN(C)CCNc1cc(C)nc(C(C)C)n1. The first-order valence-electron chi connectivity index (χ1n) is 6.80. The lowest BCUT2D eigenvalue weighted by atomic mass is 10.2. The zero-order valence-electron chi connectivity index (χ0n) is 12.7. The normalized spacial score (nSPS) is 11.3. The molecule has 0 saturated carbocycles. The van der Waals surface area contributed by atoms with Crippen LogP contribution in [0.25, 0.3) is 0 Å². The highest BCUT2D eigenvalue weighted by molar-refractivity contribution is 5.36. The van der Waals surface area contributed by atoms with Crippen LogP contribution in [-0.2, 0) is 4.74 Å². The molecule has 108 valence electrons. The minimum Gasteiger partial charge on any atom is -0.383 e. The van der Waals surface area contributed by atoms with E-state index >= 15 is 0 Å². The Balaban J connectivity index is 2.44. The van der Waals surface area contributed by atoms with Gasteiger partial charge in [-0.1, -0.05) is 13.8 Å². The van der Waals surface area contributed by atoms with Crippen LogP contribution in [0.15, 0.2) is 6.07 Å². The summed E-state index contributed by atoms with van der Waals surface area (Å²) in [4.78, 5) is 11.2. The van der Waals surface area contributed by atoms with Crippen molar-refractivity contribution >= 4 is 5.82 Å². The van der Waals surface area contributed by atoms with Gasteiger partial charge in [0.25, 0.3) is 0 Å². The van der Waals surface area contributed by atoms with E-state index in [1.165, 1.54) is 0 Å². The summed E-state index contributed by atoms with van der Waals surface area (Å²) in [6.07, 6.45) is 0. The molecule has 0 aliphatic rings. The van der Waals surface area contributed by atoms with Crippen LogP contribution in [0.2, 0.25) is 0 Å². The Morgan fingerprint density at radius 3 is 2.68 bits per heavy atom. The molecule has 0 saturated heterocycles. The van der Waals surface area contributed by atoms with Crippen molar-refractivity contribution in [2.45, 2.75) is 26.7 Å². The molecule has 0 radical (unpaired) electrons. The van der Waals surface area contributed by atoms with Crippen molar-refractivity contribution in [1.82, 2.24) is 14.9 Å². The molecule has 19 heavy (non-hydrogen) atoms. The Hall–Kier alpha value is -1.20. The summed E-state index contributed by atoms with van der Waals surface area (Å²) in [5.74, 6) is 2.16. The predicted molar refractivity (Wildman–Crippen MR) is 78.7 cm³/mol. The molecule has 0 aliphatic carbocycles. The van der Waals surface area contributed by atoms with E-state index in [-0.39, 0.29) is 0 Å². The van der Waals surface area contributed by atoms with Crippen LogP contribution in [-0.4, -0.2) is 55.3 Å². The van der Waals surface area contributed by atoms with Crippen molar-refractivity contribution in [3.05, 3.63) is 17.6 Å². The topological polar surface area (TPSA) is 50.3 Å². The van der Waals surface area contributed by atoms with E-state index < -0.39 is 0 Å². The molecule has 1 N–H and O–H groups in total. The van der Waals surface area contributed by atoms with E-state index in [9.17, 15) is 0 Å². The number of ether oxygens (including phenoxy) is 1. The van der Waals surface area contributed by atoms with Crippen LogP contribution in [0.5, 0.6) is 0 Å². The van der Waals surface area contributed by atoms with Crippen molar-refractivity contribution in [3.8, 4) is 0 Å². The highest BCUT2D eigenvalue weighted by Gasteiger charge is 2.06. The van der Waals surface area contributed by atoms with Gasteiger partial charge in [0.05, 0.1) is 6.61 Å². The summed E-state index contributed by atoms with van der Waals surface area (Å²) in [7, 11) is 3.81. The number of methoxy groups -OCH3 is 1. The molecular formula is C14H26N4O. The van der Waals surface area contributed by atoms with Crippen molar-refractivity contribution in [2.24, 2.45) is 0 Å². The molecule has 0 unspecified atom stereocenters. The van der Waals surface area contributed by atoms with Gasteiger partial charge >= 0.3 is 0 Å². The summed E-state index contributed by atoms with van der Waals surface area (Å²) in [6, 6.07) is 1.99. The van der Waals surface area contributed by atoms with Crippen LogP contribution >= 0.6 is 0 Å². The highest BCUT2D eigenvalue weighted by Crippen LogP contribution is 2.13. The van der Waals surface area contributed by atoms with E-state index in [2.05, 4.69) is 41.1 Å². The largest absolute Gasteiger partial charge is 0.383 e. The summed E-state index contributed by atoms with van der Waals surface area (Å²) < 4.78 is 5.05. The molecule has 0 aromatic carbocycles. The Bertz CT molecular complexity index is 382. The van der Waals surface area contributed by atoms with Crippen LogP contribution in [0, 0.1) is 6.92 Å². The first-order chi connectivity index (χ1) is 9.02. The van der Waals surface area contributed by atoms with Gasteiger partial charge in [0.2, 0.25) is 0 Å². The average molecular weight is 266 g/mol. The van der Waals surface area contributed by atoms with Gasteiger partial charge in [0.15, 0.2) is 0 Å². The minimum atomic E-state index is 0.352. The van der Waals surface area contributed by atoms with Crippen LogP contribution in [0.4, 0.5) is 5.82 Å². The maximum absolute atomic E-state index is 5.05. The number of aryl methyl sites for hydroxylation is 1. The molecule has 5 heteroatoms. The summed E-state index contributed by atoms with van der Waals surface area (Å²) in [5.41, 5.74) is 1.01. The minimum absolute atomic E-state index is 0.352. The van der Waals surface area contributed by atoms with Crippen LogP contribution < -0.4 is 5.32 Å². The number of aromatic nitrogens is 2. The monoisotopic (exact) mass is 266 g/mol. The number of nitrogens with zero attached hydrogens (tertiary/aromatic N) is 3. The van der Waals surface area contributed by atoms with E-state index in [4.69, 9.17) is 4.74 Å². The zero-order chi connectivity index (χ0) is 14.3. The Morgan fingerprint density at radius 2 is 2.05 bits per heavy atom. The van der Waals surface area contributed by atoms with Crippen LogP contribution in [0.3, 0.4) is 0 Å². The number of likely N-dealkylation sites (N-methyl/N-ethyl adjacent to an activating group) is 1. The second kappa shape index (κ2) is 8.07. The molecule has 0 atom stereocenters. The first-order valence-corrected chi connectivity index (χ1v) is 6.80. The molecule has 0 bridgehead atoms. The van der Waals surface area contributed by atoms with Gasteiger partial charge in [-0.15, -0.1) is 0 Å². The smallest absolute Gasteiger partial charge is 0.133 e. The van der Waals surface area contributed by atoms with E-state index in [1.54, 1.807) is 7.11 Å². The molecule has 0 amide bonds. The van der Waals surface area contributed by atoms with E-state index in [1.807, 2.05) is 13.0 Å². The maximum Gasteiger partial charge on any atom is 0.133 e. The van der Waals surface area contributed by atoms with Crippen molar-refractivity contribution in [1.29, 1.82) is 0 Å². The number of hydrogen-bond donors (Lipinski definition) is 1. The fraction of sp³-hybridized carbons (Fsp3) is 0.714. The third kappa shape index (κ3) is 5.98. The van der Waals surface area contributed by atoms with Crippen molar-refractivity contribution in [2.75, 3.05) is 45.7 Å². The van der Waals surface area contributed by atoms with Gasteiger partial charge in [-0.3, -0.25) is 0 Å². The second-order valence-electron chi connectivity index (χ2n) is 5.13. The quantitative estimate of drug-likeness (QED) is 0.779. The molecule has 0 fully saturated rings. The van der Waals surface area contributed by atoms with Gasteiger partial charge in [-0.25, -0.2) is 9.97 Å². The lowest BCUT2D eigenvalue weighted by molar-refractivity contribution is 0.163. The average Bonchev–Trinajstić information content (AvgIpc) is 2.35. The van der Waals surface area contributed by atoms with Gasteiger partial charge in [-0.05, 0) is 14.0 Å². The van der Waals surface area contributed by atoms with Gasteiger partial charge < -0.3 is 15.0 Å². The van der Waals surface area contributed by atoms with Gasteiger partial charge in [0.1, 0.15) is 11.6 Å². The standard InChI is InChI=1S/C14H26N4O/c1-11(2)14-16-12(3)10-13(17-14)15-6-7-18(4)8-9-19-5/h10-11H,6-9H2,1-5H3,(H,15,16,17). The lowest BCUT2D eigenvalue weighted by Gasteiger charge is -2.17. The molecular weight excluding hydrogens is 240 g/mol. The third-order valence-electron chi connectivity index (χ3n) is 2.86. The lowest BCUT2D eigenvalue weighted by Crippen LogP contribution is -2.28. The molecule has 1 aromatic heterocycles. The number of anilines is 1. The van der Waals surface area contributed by atoms with Crippen LogP contribution in [0.1, 0.15) is 31.3 Å². The summed E-state index contributed by atoms with van der Waals surface area (Å²) in [5, 5.41) is 3.35. The highest BCUT2D eigenvalue weighted by atomic mass is 16.5. The van der Waals surface area contributed by atoms with E-state index in [0.717, 1.165) is 43.6 Å². The van der Waals surface area contributed by atoms with Crippen molar-refractivity contribution < 1.29 is 4.74 Å². The predicted octanol–water partition coefficient (Wildman–Crippen LogP) is 1.90. The Morgan fingerprint density at radius 1 is 1.32 bits per heavy atom. The maximum atomic E-state index is 5.05. The molecule has 0 spiro atoms. The fourth-order valence-corrected chi connectivity index (χ4v) is 1.67. The van der Waals surface area contributed by atoms with Gasteiger partial charge in [0, 0.05) is 44.4 Å². The number of nitrogens with one attached hydrogen (secondary N) is 1. The zero-order valence-corrected chi connectivity index (χ0v) is 12.7.